The third kappa shape index (κ3) is 4.63. The van der Waals surface area contributed by atoms with Crippen LogP contribution in [-0.2, 0) is 0 Å². The molecule has 1 aliphatic heterocycles. The van der Waals surface area contributed by atoms with Crippen molar-refractivity contribution in [3.63, 3.8) is 0 Å². The molecule has 0 saturated carbocycles. The fraction of sp³-hybridized carbons (Fsp3) is 0.562. The predicted molar refractivity (Wildman–Crippen MR) is 87.7 cm³/mol. The average molecular weight is 355 g/mol. The van der Waals surface area contributed by atoms with E-state index in [0.717, 1.165) is 36.0 Å². The number of likely N-dealkylation sites (tertiary alicyclic amines) is 1. The summed E-state index contributed by atoms with van der Waals surface area (Å²) >= 11 is 3.44. The van der Waals surface area contributed by atoms with E-state index >= 15 is 0 Å². The minimum Gasteiger partial charge on any atom is -0.491 e. The van der Waals surface area contributed by atoms with Crippen molar-refractivity contribution in [2.24, 2.45) is 0 Å². The highest BCUT2D eigenvalue weighted by Gasteiger charge is 2.24. The van der Waals surface area contributed by atoms with Gasteiger partial charge >= 0.3 is 6.03 Å². The second-order valence-corrected chi connectivity index (χ2v) is 6.12. The molecule has 1 N–H and O–H groups in total. The number of nitrogens with one attached hydrogen (secondary N) is 1. The lowest BCUT2D eigenvalue weighted by atomic mass is 10.0. The lowest BCUT2D eigenvalue weighted by molar-refractivity contribution is 0.147. The zero-order valence-electron chi connectivity index (χ0n) is 12.5. The van der Waals surface area contributed by atoms with E-state index in [1.54, 1.807) is 0 Å². The van der Waals surface area contributed by atoms with E-state index < -0.39 is 0 Å². The van der Waals surface area contributed by atoms with Gasteiger partial charge < -0.3 is 15.0 Å². The molecule has 1 heterocycles. The Bertz CT molecular complexity index is 467. The molecule has 2 amide bonds. The molecule has 0 aromatic heterocycles. The molecule has 1 atom stereocenters. The van der Waals surface area contributed by atoms with Gasteiger partial charge in [-0.1, -0.05) is 19.1 Å². The molecule has 1 fully saturated rings. The van der Waals surface area contributed by atoms with Crippen molar-refractivity contribution < 1.29 is 9.53 Å². The highest BCUT2D eigenvalue weighted by atomic mass is 79.9. The Morgan fingerprint density at radius 2 is 2.24 bits per heavy atom. The van der Waals surface area contributed by atoms with Crippen LogP contribution >= 0.6 is 15.9 Å². The maximum Gasteiger partial charge on any atom is 0.317 e. The maximum atomic E-state index is 12.2. The van der Waals surface area contributed by atoms with Gasteiger partial charge in [-0.25, -0.2) is 4.79 Å². The standard InChI is InChI=1S/C16H23BrN2O2/c1-2-13-7-5-6-11-19(13)16(20)18-10-12-21-15-9-4-3-8-14(15)17/h3-4,8-9,13H,2,5-7,10-12H2,1H3,(H,18,20). The van der Waals surface area contributed by atoms with Gasteiger partial charge in [0.25, 0.3) is 0 Å². The topological polar surface area (TPSA) is 41.6 Å². The number of halogens is 1. The van der Waals surface area contributed by atoms with Gasteiger partial charge in [0, 0.05) is 12.6 Å². The summed E-state index contributed by atoms with van der Waals surface area (Å²) in [5.41, 5.74) is 0. The monoisotopic (exact) mass is 354 g/mol. The normalized spacial score (nSPS) is 18.4. The van der Waals surface area contributed by atoms with E-state index in [0.29, 0.717) is 19.2 Å². The number of nitrogens with zero attached hydrogens (tertiary/aromatic N) is 1. The fourth-order valence-electron chi connectivity index (χ4n) is 2.67. The van der Waals surface area contributed by atoms with Gasteiger partial charge in [-0.2, -0.15) is 0 Å². The van der Waals surface area contributed by atoms with E-state index in [1.807, 2.05) is 29.2 Å². The molecule has 4 nitrogen and oxygen atoms in total. The highest BCUT2D eigenvalue weighted by molar-refractivity contribution is 9.10. The molecule has 21 heavy (non-hydrogen) atoms. The van der Waals surface area contributed by atoms with Crippen LogP contribution < -0.4 is 10.1 Å². The molecule has 1 aliphatic rings. The van der Waals surface area contributed by atoms with Crippen molar-refractivity contribution >= 4 is 22.0 Å². The van der Waals surface area contributed by atoms with Crippen molar-refractivity contribution in [2.75, 3.05) is 19.7 Å². The van der Waals surface area contributed by atoms with Gasteiger partial charge in [-0.05, 0) is 53.7 Å². The molecule has 1 aromatic rings. The first kappa shape index (κ1) is 16.1. The molecule has 1 saturated heterocycles. The molecule has 0 spiro atoms. The Morgan fingerprint density at radius 1 is 1.43 bits per heavy atom. The molecule has 5 heteroatoms. The lowest BCUT2D eigenvalue weighted by Crippen LogP contribution is -2.49. The molecule has 116 valence electrons. The molecule has 0 bridgehead atoms. The maximum absolute atomic E-state index is 12.2. The van der Waals surface area contributed by atoms with Crippen LogP contribution in [0.4, 0.5) is 4.79 Å². The van der Waals surface area contributed by atoms with Crippen molar-refractivity contribution in [1.82, 2.24) is 10.2 Å². The minimum atomic E-state index is 0.0391. The van der Waals surface area contributed by atoms with Crippen molar-refractivity contribution in [3.05, 3.63) is 28.7 Å². The first-order valence-corrected chi connectivity index (χ1v) is 8.43. The molecule has 1 unspecified atom stereocenters. The van der Waals surface area contributed by atoms with Crippen molar-refractivity contribution in [1.29, 1.82) is 0 Å². The van der Waals surface area contributed by atoms with Gasteiger partial charge in [0.15, 0.2) is 0 Å². The minimum absolute atomic E-state index is 0.0391. The first-order valence-electron chi connectivity index (χ1n) is 7.64. The Kier molecular flexibility index (Phi) is 6.36. The lowest BCUT2D eigenvalue weighted by Gasteiger charge is -2.35. The zero-order chi connectivity index (χ0) is 15.1. The second-order valence-electron chi connectivity index (χ2n) is 5.26. The number of rotatable bonds is 5. The Labute approximate surface area is 135 Å². The van der Waals surface area contributed by atoms with Crippen molar-refractivity contribution in [3.8, 4) is 5.75 Å². The molecule has 0 radical (unpaired) electrons. The number of carbonyl (C=O) groups excluding carboxylic acids is 1. The molecule has 0 aliphatic carbocycles. The van der Waals surface area contributed by atoms with Crippen LogP contribution in [0.1, 0.15) is 32.6 Å². The summed E-state index contributed by atoms with van der Waals surface area (Å²) in [6.45, 7) is 4.01. The predicted octanol–water partition coefficient (Wildman–Crippen LogP) is 3.80. The SMILES string of the molecule is CCC1CCCCN1C(=O)NCCOc1ccccc1Br. The van der Waals surface area contributed by atoms with E-state index in [4.69, 9.17) is 4.74 Å². The van der Waals surface area contributed by atoms with Gasteiger partial charge in [0.1, 0.15) is 12.4 Å². The fourth-order valence-corrected chi connectivity index (χ4v) is 3.07. The molecule has 2 rings (SSSR count). The summed E-state index contributed by atoms with van der Waals surface area (Å²) in [5, 5.41) is 2.95. The summed E-state index contributed by atoms with van der Waals surface area (Å²) in [4.78, 5) is 14.2. The van der Waals surface area contributed by atoms with E-state index in [-0.39, 0.29) is 6.03 Å². The third-order valence-electron chi connectivity index (χ3n) is 3.83. The van der Waals surface area contributed by atoms with Crippen LogP contribution in [0, 0.1) is 0 Å². The molecule has 1 aromatic carbocycles. The van der Waals surface area contributed by atoms with Crippen LogP contribution in [0.5, 0.6) is 5.75 Å². The number of urea groups is 1. The number of carbonyl (C=O) groups is 1. The molecular weight excluding hydrogens is 332 g/mol. The number of piperidine rings is 1. The van der Waals surface area contributed by atoms with Crippen LogP contribution in [-0.4, -0.2) is 36.7 Å². The first-order chi connectivity index (χ1) is 10.2. The summed E-state index contributed by atoms with van der Waals surface area (Å²) in [6, 6.07) is 8.15. The quantitative estimate of drug-likeness (QED) is 0.817. The summed E-state index contributed by atoms with van der Waals surface area (Å²) in [6.07, 6.45) is 4.49. The smallest absolute Gasteiger partial charge is 0.317 e. The van der Waals surface area contributed by atoms with Crippen LogP contribution in [0.25, 0.3) is 0 Å². The van der Waals surface area contributed by atoms with E-state index in [9.17, 15) is 4.79 Å². The number of benzene rings is 1. The van der Waals surface area contributed by atoms with E-state index in [1.165, 1.54) is 6.42 Å². The van der Waals surface area contributed by atoms with E-state index in [2.05, 4.69) is 28.2 Å². The van der Waals surface area contributed by atoms with Gasteiger partial charge in [-0.15, -0.1) is 0 Å². The van der Waals surface area contributed by atoms with Crippen LogP contribution in [0.15, 0.2) is 28.7 Å². The number of hydrogen-bond acceptors (Lipinski definition) is 2. The largest absolute Gasteiger partial charge is 0.491 e. The van der Waals surface area contributed by atoms with Crippen molar-refractivity contribution in [2.45, 2.75) is 38.6 Å². The molecular formula is C16H23BrN2O2. The summed E-state index contributed by atoms with van der Waals surface area (Å²) < 4.78 is 6.58. The van der Waals surface area contributed by atoms with Gasteiger partial charge in [0.2, 0.25) is 0 Å². The Hall–Kier alpha value is -1.23. The van der Waals surface area contributed by atoms with Gasteiger partial charge in [0.05, 0.1) is 11.0 Å². The Morgan fingerprint density at radius 3 is 3.00 bits per heavy atom. The number of ether oxygens (including phenoxy) is 1. The highest BCUT2D eigenvalue weighted by Crippen LogP contribution is 2.23. The average Bonchev–Trinajstić information content (AvgIpc) is 2.52. The number of hydrogen-bond donors (Lipinski definition) is 1. The zero-order valence-corrected chi connectivity index (χ0v) is 14.1. The number of amides is 2. The second kappa shape index (κ2) is 8.27. The number of para-hydroxylation sites is 1. The Balaban J connectivity index is 1.73. The van der Waals surface area contributed by atoms with Gasteiger partial charge in [-0.3, -0.25) is 0 Å². The summed E-state index contributed by atoms with van der Waals surface area (Å²) in [7, 11) is 0. The third-order valence-corrected chi connectivity index (χ3v) is 4.49. The summed E-state index contributed by atoms with van der Waals surface area (Å²) in [5.74, 6) is 0.802. The van der Waals surface area contributed by atoms with Crippen LogP contribution in [0.2, 0.25) is 0 Å². The van der Waals surface area contributed by atoms with Crippen LogP contribution in [0.3, 0.4) is 0 Å².